The van der Waals surface area contributed by atoms with Crippen molar-refractivity contribution in [3.63, 3.8) is 0 Å². The van der Waals surface area contributed by atoms with Crippen molar-refractivity contribution in [2.75, 3.05) is 13.2 Å². The van der Waals surface area contributed by atoms with Gasteiger partial charge in [0.2, 0.25) is 0 Å². The zero-order valence-electron chi connectivity index (χ0n) is 14.5. The molecule has 1 heterocycles. The molecule has 0 amide bonds. The number of fused-ring (bicyclic) bond motifs is 1. The summed E-state index contributed by atoms with van der Waals surface area (Å²) in [4.78, 5) is 7.64. The van der Waals surface area contributed by atoms with Crippen LogP contribution in [0, 0.1) is 11.3 Å². The fourth-order valence-corrected chi connectivity index (χ4v) is 2.89. The number of aromatic amines is 1. The molecule has 132 valence electrons. The van der Waals surface area contributed by atoms with Crippen molar-refractivity contribution < 1.29 is 9.47 Å². The van der Waals surface area contributed by atoms with Crippen molar-refractivity contribution in [1.82, 2.24) is 9.97 Å². The van der Waals surface area contributed by atoms with Gasteiger partial charge in [0, 0.05) is 0 Å². The van der Waals surface area contributed by atoms with Gasteiger partial charge in [-0.1, -0.05) is 23.7 Å². The number of rotatable bonds is 6. The summed E-state index contributed by atoms with van der Waals surface area (Å²) in [5, 5.41) is 10.0. The number of aromatic nitrogens is 2. The SMILES string of the molecule is CCOc1cc(/C=C(/C#N)c2nc3ccccc3[nH]2)cc(Cl)c1OCC. The maximum Gasteiger partial charge on any atom is 0.179 e. The average Bonchev–Trinajstić information content (AvgIpc) is 3.06. The number of hydrogen-bond acceptors (Lipinski definition) is 4. The summed E-state index contributed by atoms with van der Waals surface area (Å²) < 4.78 is 11.2. The first-order valence-electron chi connectivity index (χ1n) is 8.32. The standard InChI is InChI=1S/C20H18ClN3O2/c1-3-25-18-11-13(10-15(21)19(18)26-4-2)9-14(12-22)20-23-16-7-5-6-8-17(16)24-20/h5-11H,3-4H2,1-2H3,(H,23,24)/b14-9-. The van der Waals surface area contributed by atoms with Gasteiger partial charge in [-0.2, -0.15) is 5.26 Å². The van der Waals surface area contributed by atoms with Crippen LogP contribution in [0.5, 0.6) is 11.5 Å². The van der Waals surface area contributed by atoms with E-state index in [0.29, 0.717) is 41.1 Å². The first-order chi connectivity index (χ1) is 12.7. The number of ether oxygens (including phenoxy) is 2. The lowest BCUT2D eigenvalue weighted by molar-refractivity contribution is 0.288. The smallest absolute Gasteiger partial charge is 0.179 e. The summed E-state index contributed by atoms with van der Waals surface area (Å²) >= 11 is 6.35. The number of benzene rings is 2. The number of para-hydroxylation sites is 2. The molecule has 0 spiro atoms. The predicted molar refractivity (Wildman–Crippen MR) is 103 cm³/mol. The second-order valence-corrected chi connectivity index (χ2v) is 5.88. The molecule has 0 aliphatic carbocycles. The van der Waals surface area contributed by atoms with Crippen LogP contribution >= 0.6 is 11.6 Å². The monoisotopic (exact) mass is 367 g/mol. The van der Waals surface area contributed by atoms with Crippen molar-refractivity contribution in [1.29, 1.82) is 5.26 Å². The summed E-state index contributed by atoms with van der Waals surface area (Å²) in [7, 11) is 0. The van der Waals surface area contributed by atoms with Gasteiger partial charge in [0.25, 0.3) is 0 Å². The second kappa shape index (κ2) is 7.94. The normalized spacial score (nSPS) is 11.4. The van der Waals surface area contributed by atoms with E-state index in [0.717, 1.165) is 16.6 Å². The Morgan fingerprint density at radius 3 is 2.69 bits per heavy atom. The third-order valence-corrected chi connectivity index (χ3v) is 3.98. The first kappa shape index (κ1) is 17.8. The Hall–Kier alpha value is -2.97. The van der Waals surface area contributed by atoms with Crippen LogP contribution in [0.25, 0.3) is 22.7 Å². The number of nitrogens with one attached hydrogen (secondary N) is 1. The van der Waals surface area contributed by atoms with Gasteiger partial charge < -0.3 is 14.5 Å². The molecule has 3 aromatic rings. The largest absolute Gasteiger partial charge is 0.490 e. The molecule has 0 fully saturated rings. The number of hydrogen-bond donors (Lipinski definition) is 1. The van der Waals surface area contributed by atoms with Gasteiger partial charge in [-0.25, -0.2) is 4.98 Å². The van der Waals surface area contributed by atoms with Gasteiger partial charge in [0.15, 0.2) is 11.5 Å². The molecule has 3 rings (SSSR count). The maximum absolute atomic E-state index is 9.58. The van der Waals surface area contributed by atoms with Crippen LogP contribution in [0.2, 0.25) is 5.02 Å². The zero-order valence-corrected chi connectivity index (χ0v) is 15.3. The molecule has 0 radical (unpaired) electrons. The van der Waals surface area contributed by atoms with E-state index in [1.54, 1.807) is 18.2 Å². The Labute approximate surface area is 156 Å². The lowest BCUT2D eigenvalue weighted by atomic mass is 10.1. The van der Waals surface area contributed by atoms with Crippen LogP contribution in [0.4, 0.5) is 0 Å². The topological polar surface area (TPSA) is 70.9 Å². The van der Waals surface area contributed by atoms with E-state index in [4.69, 9.17) is 21.1 Å². The Morgan fingerprint density at radius 1 is 1.23 bits per heavy atom. The van der Waals surface area contributed by atoms with E-state index >= 15 is 0 Å². The zero-order chi connectivity index (χ0) is 18.5. The van der Waals surface area contributed by atoms with Gasteiger partial charge >= 0.3 is 0 Å². The summed E-state index contributed by atoms with van der Waals surface area (Å²) in [6.07, 6.45) is 1.72. The van der Waals surface area contributed by atoms with Crippen LogP contribution < -0.4 is 9.47 Å². The Balaban J connectivity index is 2.05. The van der Waals surface area contributed by atoms with Crippen LogP contribution in [0.3, 0.4) is 0 Å². The highest BCUT2D eigenvalue weighted by molar-refractivity contribution is 6.32. The highest BCUT2D eigenvalue weighted by Gasteiger charge is 2.13. The van der Waals surface area contributed by atoms with Gasteiger partial charge in [0.1, 0.15) is 11.9 Å². The van der Waals surface area contributed by atoms with Crippen LogP contribution in [0.1, 0.15) is 25.2 Å². The van der Waals surface area contributed by atoms with E-state index in [9.17, 15) is 5.26 Å². The van der Waals surface area contributed by atoms with E-state index < -0.39 is 0 Å². The molecule has 0 saturated heterocycles. The molecule has 0 aliphatic heterocycles. The molecule has 5 nitrogen and oxygen atoms in total. The highest BCUT2D eigenvalue weighted by Crippen LogP contribution is 2.37. The molecule has 0 bridgehead atoms. The first-order valence-corrected chi connectivity index (χ1v) is 8.70. The molecule has 0 unspecified atom stereocenters. The number of nitriles is 1. The molecule has 6 heteroatoms. The molecule has 0 aliphatic rings. The molecular weight excluding hydrogens is 350 g/mol. The summed E-state index contributed by atoms with van der Waals surface area (Å²) in [6.45, 7) is 4.74. The number of H-pyrrole nitrogens is 1. The minimum Gasteiger partial charge on any atom is -0.490 e. The fourth-order valence-electron chi connectivity index (χ4n) is 2.62. The molecule has 2 aromatic carbocycles. The van der Waals surface area contributed by atoms with Crippen LogP contribution in [-0.2, 0) is 0 Å². The van der Waals surface area contributed by atoms with Gasteiger partial charge in [-0.3, -0.25) is 0 Å². The number of nitrogens with zero attached hydrogens (tertiary/aromatic N) is 2. The Morgan fingerprint density at radius 2 is 2.00 bits per heavy atom. The van der Waals surface area contributed by atoms with E-state index in [1.165, 1.54) is 0 Å². The molecule has 0 atom stereocenters. The highest BCUT2D eigenvalue weighted by atomic mass is 35.5. The third-order valence-electron chi connectivity index (χ3n) is 3.70. The molecule has 1 N–H and O–H groups in total. The van der Waals surface area contributed by atoms with Crippen LogP contribution in [0.15, 0.2) is 36.4 Å². The summed E-state index contributed by atoms with van der Waals surface area (Å²) in [5.74, 6) is 1.57. The van der Waals surface area contributed by atoms with Crippen LogP contribution in [-0.4, -0.2) is 23.2 Å². The van der Waals surface area contributed by atoms with Crippen molar-refractivity contribution in [2.24, 2.45) is 0 Å². The molecule has 26 heavy (non-hydrogen) atoms. The number of imidazole rings is 1. The van der Waals surface area contributed by atoms with Gasteiger partial charge in [-0.15, -0.1) is 0 Å². The molecule has 1 aromatic heterocycles. The predicted octanol–water partition coefficient (Wildman–Crippen LogP) is 5.08. The number of allylic oxidation sites excluding steroid dienone is 1. The van der Waals surface area contributed by atoms with Crippen molar-refractivity contribution in [3.05, 3.63) is 52.8 Å². The summed E-state index contributed by atoms with van der Waals surface area (Å²) in [6, 6.07) is 13.4. The van der Waals surface area contributed by atoms with Crippen molar-refractivity contribution in [3.8, 4) is 17.6 Å². The van der Waals surface area contributed by atoms with Gasteiger partial charge in [-0.05, 0) is 49.8 Å². The Bertz CT molecular complexity index is 969. The molecule has 0 saturated carbocycles. The average molecular weight is 368 g/mol. The second-order valence-electron chi connectivity index (χ2n) is 5.47. The fraction of sp³-hybridized carbons (Fsp3) is 0.200. The third kappa shape index (κ3) is 3.66. The molecular formula is C20H18ClN3O2. The van der Waals surface area contributed by atoms with E-state index in [2.05, 4.69) is 16.0 Å². The lowest BCUT2D eigenvalue weighted by Gasteiger charge is -2.13. The quantitative estimate of drug-likeness (QED) is 0.617. The van der Waals surface area contributed by atoms with E-state index in [-0.39, 0.29) is 0 Å². The van der Waals surface area contributed by atoms with Gasteiger partial charge in [0.05, 0.1) is 34.8 Å². The Kier molecular flexibility index (Phi) is 5.45. The maximum atomic E-state index is 9.58. The summed E-state index contributed by atoms with van der Waals surface area (Å²) in [5.41, 5.74) is 2.83. The number of halogens is 1. The minimum atomic E-state index is 0.406. The van der Waals surface area contributed by atoms with Crippen molar-refractivity contribution >= 4 is 34.3 Å². The lowest BCUT2D eigenvalue weighted by Crippen LogP contribution is -1.99. The van der Waals surface area contributed by atoms with E-state index in [1.807, 2.05) is 38.1 Å². The minimum absolute atomic E-state index is 0.406. The van der Waals surface area contributed by atoms with Crippen molar-refractivity contribution in [2.45, 2.75) is 13.8 Å².